The van der Waals surface area contributed by atoms with E-state index in [1.54, 1.807) is 31.2 Å². The van der Waals surface area contributed by atoms with Gasteiger partial charge in [0.1, 0.15) is 0 Å². The van der Waals surface area contributed by atoms with Crippen molar-refractivity contribution in [2.45, 2.75) is 31.4 Å². The van der Waals surface area contributed by atoms with Crippen molar-refractivity contribution in [2.24, 2.45) is 0 Å². The average Bonchev–Trinajstić information content (AvgIpc) is 2.72. The van der Waals surface area contributed by atoms with Gasteiger partial charge in [0, 0.05) is 24.5 Å². The van der Waals surface area contributed by atoms with Crippen LogP contribution in [0.25, 0.3) is 0 Å². The summed E-state index contributed by atoms with van der Waals surface area (Å²) in [7, 11) is -3.41. The van der Waals surface area contributed by atoms with E-state index in [1.807, 2.05) is 0 Å². The van der Waals surface area contributed by atoms with Crippen molar-refractivity contribution in [3.8, 4) is 0 Å². The molecule has 1 fully saturated rings. The molecule has 8 heteroatoms. The van der Waals surface area contributed by atoms with Crippen molar-refractivity contribution in [2.75, 3.05) is 25.4 Å². The van der Waals surface area contributed by atoms with E-state index in [9.17, 15) is 18.0 Å². The van der Waals surface area contributed by atoms with Crippen molar-refractivity contribution < 1.29 is 22.7 Å². The number of esters is 1. The molecule has 1 aliphatic rings. The Morgan fingerprint density at radius 2 is 1.96 bits per heavy atom. The van der Waals surface area contributed by atoms with Crippen LogP contribution in [0.1, 0.15) is 37.0 Å². The molecular weight excluding hydrogens is 366 g/mol. The largest absolute Gasteiger partial charge is 0.466 e. The van der Waals surface area contributed by atoms with Crippen LogP contribution in [0.15, 0.2) is 24.3 Å². The van der Waals surface area contributed by atoms with Crippen LogP contribution in [-0.2, 0) is 24.2 Å². The fraction of sp³-hybridized carbons (Fsp3) is 0.529. The second kappa shape index (κ2) is 8.67. The number of ether oxygens (including phenoxy) is 1. The van der Waals surface area contributed by atoms with Crippen LogP contribution in [0.2, 0.25) is 5.02 Å². The topological polar surface area (TPSA) is 80.8 Å². The van der Waals surface area contributed by atoms with E-state index in [1.165, 1.54) is 4.90 Å². The summed E-state index contributed by atoms with van der Waals surface area (Å²) in [4.78, 5) is 25.2. The highest BCUT2D eigenvalue weighted by molar-refractivity contribution is 7.91. The van der Waals surface area contributed by atoms with Crippen LogP contribution >= 0.6 is 11.6 Å². The molecule has 0 saturated carbocycles. The van der Waals surface area contributed by atoms with Crippen molar-refractivity contribution >= 4 is 33.3 Å². The van der Waals surface area contributed by atoms with Crippen LogP contribution in [-0.4, -0.2) is 50.6 Å². The van der Waals surface area contributed by atoms with Gasteiger partial charge in [0.05, 0.1) is 24.0 Å². The fourth-order valence-electron chi connectivity index (χ4n) is 2.88. The normalized spacial score (nSPS) is 19.9. The molecule has 1 amide bonds. The lowest BCUT2D eigenvalue weighted by Gasteiger charge is -2.20. The molecule has 1 aliphatic heterocycles. The number of benzene rings is 1. The summed E-state index contributed by atoms with van der Waals surface area (Å²) in [6.45, 7) is 2.42. The molecule has 1 aromatic rings. The Balaban J connectivity index is 2.06. The van der Waals surface area contributed by atoms with Crippen LogP contribution in [0.4, 0.5) is 0 Å². The highest BCUT2D eigenvalue weighted by atomic mass is 35.5. The van der Waals surface area contributed by atoms with E-state index >= 15 is 0 Å². The zero-order chi connectivity index (χ0) is 18.4. The summed E-state index contributed by atoms with van der Waals surface area (Å²) >= 11 is 6.15. The number of carbonyl (C=O) groups excluding carboxylic acids is 2. The standard InChI is InChI=1S/C17H22ClNO5S/c1-2-24-17(21)8-7-16(20)19-10-9-15(25(22,23)12-11-19)13-5-3-4-6-14(13)18/h3-6,15H,2,7-12H2,1H3/t15-/m0/s1. The molecular formula is C17H22ClNO5S. The summed E-state index contributed by atoms with van der Waals surface area (Å²) < 4.78 is 30.0. The summed E-state index contributed by atoms with van der Waals surface area (Å²) in [5, 5.41) is -0.304. The lowest BCUT2D eigenvalue weighted by Crippen LogP contribution is -2.33. The third-order valence-corrected chi connectivity index (χ3v) is 6.65. The SMILES string of the molecule is CCOC(=O)CCC(=O)N1CC[C@@H](c2ccccc2Cl)S(=O)(=O)CC1. The van der Waals surface area contributed by atoms with Crippen LogP contribution in [0.3, 0.4) is 0 Å². The Labute approximate surface area is 153 Å². The molecule has 0 bridgehead atoms. The number of nitrogens with zero attached hydrogens (tertiary/aromatic N) is 1. The van der Waals surface area contributed by atoms with Crippen LogP contribution < -0.4 is 0 Å². The summed E-state index contributed by atoms with van der Waals surface area (Å²) in [6.07, 6.45) is 0.316. The summed E-state index contributed by atoms with van der Waals surface area (Å²) in [5.74, 6) is -0.774. The van der Waals surface area contributed by atoms with Gasteiger partial charge in [0.25, 0.3) is 0 Å². The molecule has 2 rings (SSSR count). The molecule has 1 saturated heterocycles. The number of hydrogen-bond acceptors (Lipinski definition) is 5. The zero-order valence-corrected chi connectivity index (χ0v) is 15.7. The minimum atomic E-state index is -3.41. The van der Waals surface area contributed by atoms with Gasteiger partial charge in [-0.15, -0.1) is 0 Å². The van der Waals surface area contributed by atoms with E-state index in [0.717, 1.165) is 0 Å². The molecule has 1 heterocycles. The first-order valence-electron chi connectivity index (χ1n) is 8.24. The number of carbonyl (C=O) groups is 2. The molecule has 25 heavy (non-hydrogen) atoms. The van der Waals surface area contributed by atoms with Gasteiger partial charge in [-0.25, -0.2) is 8.42 Å². The van der Waals surface area contributed by atoms with Crippen molar-refractivity contribution in [3.05, 3.63) is 34.9 Å². The van der Waals surface area contributed by atoms with Gasteiger partial charge in [-0.1, -0.05) is 29.8 Å². The maximum absolute atomic E-state index is 12.6. The van der Waals surface area contributed by atoms with Crippen LogP contribution in [0, 0.1) is 0 Å². The first-order valence-corrected chi connectivity index (χ1v) is 10.3. The predicted molar refractivity (Wildman–Crippen MR) is 95.0 cm³/mol. The molecule has 6 nitrogen and oxygen atoms in total. The molecule has 0 unspecified atom stereocenters. The van der Waals surface area contributed by atoms with E-state index in [-0.39, 0.29) is 44.1 Å². The third kappa shape index (κ3) is 5.19. The maximum atomic E-state index is 12.6. The van der Waals surface area contributed by atoms with E-state index in [2.05, 4.69) is 0 Å². The Morgan fingerprint density at radius 3 is 2.64 bits per heavy atom. The van der Waals surface area contributed by atoms with Gasteiger partial charge in [-0.3, -0.25) is 9.59 Å². The number of hydrogen-bond donors (Lipinski definition) is 0. The quantitative estimate of drug-likeness (QED) is 0.724. The molecule has 1 aromatic carbocycles. The highest BCUT2D eigenvalue weighted by Crippen LogP contribution is 2.33. The van der Waals surface area contributed by atoms with Gasteiger partial charge in [0.2, 0.25) is 5.91 Å². The van der Waals surface area contributed by atoms with Crippen molar-refractivity contribution in [1.82, 2.24) is 4.90 Å². The van der Waals surface area contributed by atoms with E-state index in [0.29, 0.717) is 17.1 Å². The monoisotopic (exact) mass is 387 g/mol. The number of sulfone groups is 1. The van der Waals surface area contributed by atoms with Crippen molar-refractivity contribution in [1.29, 1.82) is 0 Å². The second-order valence-corrected chi connectivity index (χ2v) is 8.56. The van der Waals surface area contributed by atoms with Gasteiger partial charge >= 0.3 is 5.97 Å². The molecule has 1 atom stereocenters. The molecule has 0 aliphatic carbocycles. The van der Waals surface area contributed by atoms with E-state index < -0.39 is 21.1 Å². The van der Waals surface area contributed by atoms with Crippen LogP contribution in [0.5, 0.6) is 0 Å². The minimum absolute atomic E-state index is 0.00383. The van der Waals surface area contributed by atoms with Gasteiger partial charge < -0.3 is 9.64 Å². The first kappa shape index (κ1) is 19.7. The molecule has 138 valence electrons. The van der Waals surface area contributed by atoms with Gasteiger partial charge in [0.15, 0.2) is 9.84 Å². The second-order valence-electron chi connectivity index (χ2n) is 5.85. The molecule has 0 radical (unpaired) electrons. The Kier molecular flexibility index (Phi) is 6.84. The maximum Gasteiger partial charge on any atom is 0.306 e. The Morgan fingerprint density at radius 1 is 1.24 bits per heavy atom. The van der Waals surface area contributed by atoms with Gasteiger partial charge in [-0.2, -0.15) is 0 Å². The van der Waals surface area contributed by atoms with Crippen molar-refractivity contribution in [3.63, 3.8) is 0 Å². The summed E-state index contributed by atoms with van der Waals surface area (Å²) in [5.41, 5.74) is 0.574. The lowest BCUT2D eigenvalue weighted by molar-refractivity contribution is -0.145. The zero-order valence-electron chi connectivity index (χ0n) is 14.1. The Bertz CT molecular complexity index is 734. The number of rotatable bonds is 5. The van der Waals surface area contributed by atoms with Gasteiger partial charge in [-0.05, 0) is 25.0 Å². The fourth-order valence-corrected chi connectivity index (χ4v) is 5.03. The lowest BCUT2D eigenvalue weighted by atomic mass is 10.1. The molecule has 0 N–H and O–H groups in total. The highest BCUT2D eigenvalue weighted by Gasteiger charge is 2.33. The third-order valence-electron chi connectivity index (χ3n) is 4.19. The average molecular weight is 388 g/mol. The predicted octanol–water partition coefficient (Wildman–Crippen LogP) is 2.37. The minimum Gasteiger partial charge on any atom is -0.466 e. The number of halogens is 1. The smallest absolute Gasteiger partial charge is 0.306 e. The molecule has 0 spiro atoms. The Hall–Kier alpha value is -1.60. The first-order chi connectivity index (χ1) is 11.8. The number of amides is 1. The summed E-state index contributed by atoms with van der Waals surface area (Å²) in [6, 6.07) is 6.88. The molecule has 0 aromatic heterocycles. The van der Waals surface area contributed by atoms with E-state index in [4.69, 9.17) is 16.3 Å².